The minimum absolute atomic E-state index is 0.417. The maximum atomic E-state index is 13.0. The van der Waals surface area contributed by atoms with Crippen molar-refractivity contribution in [3.63, 3.8) is 0 Å². The minimum atomic E-state index is -0.417. The third-order valence-electron chi connectivity index (χ3n) is 5.46. The van der Waals surface area contributed by atoms with Crippen molar-refractivity contribution in [2.75, 3.05) is 0 Å². The lowest BCUT2D eigenvalue weighted by molar-refractivity contribution is 0.0732. The van der Waals surface area contributed by atoms with E-state index in [4.69, 9.17) is 9.15 Å². The highest BCUT2D eigenvalue weighted by molar-refractivity contribution is 6.09. The molecule has 6 rings (SSSR count). The predicted molar refractivity (Wildman–Crippen MR) is 116 cm³/mol. The summed E-state index contributed by atoms with van der Waals surface area (Å²) in [6.07, 6.45) is 3.81. The molecular formula is C26H15O3+. The Morgan fingerprint density at radius 2 is 1.41 bits per heavy atom. The van der Waals surface area contributed by atoms with Gasteiger partial charge in [0.2, 0.25) is 0 Å². The lowest BCUT2D eigenvalue weighted by Gasteiger charge is -2.12. The van der Waals surface area contributed by atoms with Crippen molar-refractivity contribution in [1.82, 2.24) is 0 Å². The van der Waals surface area contributed by atoms with Gasteiger partial charge in [0.1, 0.15) is 5.75 Å². The highest BCUT2D eigenvalue weighted by atomic mass is 16.5. The van der Waals surface area contributed by atoms with Gasteiger partial charge in [-0.15, -0.1) is 0 Å². The maximum absolute atomic E-state index is 13.0. The van der Waals surface area contributed by atoms with E-state index >= 15 is 0 Å². The summed E-state index contributed by atoms with van der Waals surface area (Å²) < 4.78 is 11.9. The number of hydrogen-bond donors (Lipinski definition) is 0. The largest absolute Gasteiger partial charge is 0.422 e. The molecule has 2 heterocycles. The normalized spacial score (nSPS) is 13.0. The van der Waals surface area contributed by atoms with Crippen LogP contribution in [-0.2, 0) is 0 Å². The third-order valence-corrected chi connectivity index (χ3v) is 5.46. The molecule has 0 spiro atoms. The first kappa shape index (κ1) is 16.0. The molecule has 0 saturated heterocycles. The van der Waals surface area contributed by atoms with Crippen LogP contribution in [0.2, 0.25) is 0 Å². The summed E-state index contributed by atoms with van der Waals surface area (Å²) >= 11 is 0. The van der Waals surface area contributed by atoms with Crippen LogP contribution in [0.4, 0.5) is 0 Å². The van der Waals surface area contributed by atoms with Crippen LogP contribution in [0.3, 0.4) is 0 Å². The predicted octanol–water partition coefficient (Wildman–Crippen LogP) is 6.72. The number of ether oxygens (including phenoxy) is 1. The van der Waals surface area contributed by atoms with Crippen molar-refractivity contribution < 1.29 is 13.9 Å². The molecule has 0 radical (unpaired) electrons. The van der Waals surface area contributed by atoms with Gasteiger partial charge in [0.05, 0.1) is 5.39 Å². The summed E-state index contributed by atoms with van der Waals surface area (Å²) in [7, 11) is 0. The van der Waals surface area contributed by atoms with Crippen molar-refractivity contribution in [3.05, 3.63) is 95.7 Å². The molecular weight excluding hydrogens is 360 g/mol. The summed E-state index contributed by atoms with van der Waals surface area (Å²) in [5.74, 6) is 0.629. The van der Waals surface area contributed by atoms with Crippen molar-refractivity contribution in [2.24, 2.45) is 0 Å². The van der Waals surface area contributed by atoms with Crippen molar-refractivity contribution in [3.8, 4) is 5.75 Å². The molecule has 0 N–H and O–H groups in total. The van der Waals surface area contributed by atoms with Gasteiger partial charge in [-0.25, -0.2) is 9.21 Å². The molecule has 5 aromatic rings. The van der Waals surface area contributed by atoms with E-state index in [-0.39, 0.29) is 0 Å². The van der Waals surface area contributed by atoms with Crippen LogP contribution < -0.4 is 4.74 Å². The standard InChI is InChI=1S/C26H15O3/c27-26-22-15-21-19-8-4-2-6-17(19)10-13-24(21)28-25(22)14-11-20-18-7-3-1-5-16(18)9-12-23(20)29-26/h1-15H/q+1. The van der Waals surface area contributed by atoms with Crippen molar-refractivity contribution in [2.45, 2.75) is 0 Å². The van der Waals surface area contributed by atoms with E-state index < -0.39 is 5.97 Å². The number of rotatable bonds is 0. The zero-order valence-corrected chi connectivity index (χ0v) is 15.4. The van der Waals surface area contributed by atoms with Gasteiger partial charge in [-0.1, -0.05) is 54.6 Å². The van der Waals surface area contributed by atoms with Gasteiger partial charge in [0.15, 0.2) is 5.56 Å². The topological polar surface area (TPSA) is 37.6 Å². The number of fused-ring (bicyclic) bond motifs is 7. The Morgan fingerprint density at radius 1 is 0.690 bits per heavy atom. The summed E-state index contributed by atoms with van der Waals surface area (Å²) in [6, 6.07) is 25.8. The van der Waals surface area contributed by atoms with Crippen LogP contribution in [-0.4, -0.2) is 5.97 Å². The molecule has 136 valence electrons. The average molecular weight is 375 g/mol. The molecule has 0 saturated carbocycles. The Hall–Kier alpha value is -3.98. The van der Waals surface area contributed by atoms with Gasteiger partial charge in [0.25, 0.3) is 0 Å². The second-order valence-corrected chi connectivity index (χ2v) is 7.14. The fourth-order valence-electron chi connectivity index (χ4n) is 4.04. The lowest BCUT2D eigenvalue weighted by Crippen LogP contribution is -2.12. The highest BCUT2D eigenvalue weighted by Crippen LogP contribution is 2.35. The SMILES string of the molecule is O=C1Oc2ccc3ccccc3c2C=Cc2[o+]c3ccc4ccccc4c3cc21. The van der Waals surface area contributed by atoms with Crippen LogP contribution in [0.15, 0.2) is 83.3 Å². The van der Waals surface area contributed by atoms with Gasteiger partial charge in [0, 0.05) is 17.7 Å². The van der Waals surface area contributed by atoms with Crippen LogP contribution in [0.1, 0.15) is 21.7 Å². The number of esters is 1. The maximum Gasteiger partial charge on any atom is 0.368 e. The van der Waals surface area contributed by atoms with E-state index in [9.17, 15) is 4.79 Å². The van der Waals surface area contributed by atoms with E-state index in [1.54, 1.807) is 0 Å². The molecule has 0 fully saturated rings. The Morgan fingerprint density at radius 3 is 2.28 bits per heavy atom. The van der Waals surface area contributed by atoms with Crippen LogP contribution >= 0.6 is 0 Å². The zero-order chi connectivity index (χ0) is 19.4. The highest BCUT2D eigenvalue weighted by Gasteiger charge is 2.27. The summed E-state index contributed by atoms with van der Waals surface area (Å²) in [4.78, 5) is 13.0. The summed E-state index contributed by atoms with van der Waals surface area (Å²) in [5, 5.41) is 5.16. The fourth-order valence-corrected chi connectivity index (χ4v) is 4.04. The molecule has 0 atom stereocenters. The third kappa shape index (κ3) is 2.44. The molecule has 3 heteroatoms. The molecule has 1 aromatic heterocycles. The van der Waals surface area contributed by atoms with Gasteiger partial charge in [-0.2, -0.15) is 0 Å². The summed E-state index contributed by atoms with van der Waals surface area (Å²) in [5.41, 5.74) is 2.03. The molecule has 0 amide bonds. The van der Waals surface area contributed by atoms with Crippen LogP contribution in [0, 0.1) is 0 Å². The Kier molecular flexibility index (Phi) is 3.32. The number of hydrogen-bond acceptors (Lipinski definition) is 2. The van der Waals surface area contributed by atoms with Crippen molar-refractivity contribution >= 4 is 50.6 Å². The molecule has 3 nitrogen and oxygen atoms in total. The fraction of sp³-hybridized carbons (Fsp3) is 0. The number of carbonyl (C=O) groups is 1. The van der Waals surface area contributed by atoms with Crippen molar-refractivity contribution in [1.29, 1.82) is 0 Å². The number of carbonyl (C=O) groups excluding carboxylic acids is 1. The van der Waals surface area contributed by atoms with Crippen LogP contribution in [0.5, 0.6) is 5.75 Å². The minimum Gasteiger partial charge on any atom is -0.422 e. The average Bonchev–Trinajstić information content (AvgIpc) is 2.76. The first-order valence-electron chi connectivity index (χ1n) is 9.48. The molecule has 1 aliphatic rings. The van der Waals surface area contributed by atoms with Crippen LogP contribution in [0.25, 0.3) is 44.7 Å². The Balaban J connectivity index is 1.63. The molecule has 0 bridgehead atoms. The molecule has 0 unspecified atom stereocenters. The molecule has 0 aliphatic carbocycles. The molecule has 4 aromatic carbocycles. The van der Waals surface area contributed by atoms with E-state index in [1.165, 1.54) is 0 Å². The molecule has 29 heavy (non-hydrogen) atoms. The monoisotopic (exact) mass is 375 g/mol. The quantitative estimate of drug-likeness (QED) is 0.130. The smallest absolute Gasteiger partial charge is 0.368 e. The molecule has 1 aliphatic heterocycles. The zero-order valence-electron chi connectivity index (χ0n) is 15.4. The van der Waals surface area contributed by atoms with Gasteiger partial charge < -0.3 is 4.74 Å². The second-order valence-electron chi connectivity index (χ2n) is 7.14. The summed E-state index contributed by atoms with van der Waals surface area (Å²) in [6.45, 7) is 0. The first-order valence-corrected chi connectivity index (χ1v) is 9.48. The Labute approximate surface area is 166 Å². The second kappa shape index (κ2) is 6.01. The van der Waals surface area contributed by atoms with E-state index in [0.717, 1.165) is 38.1 Å². The number of benzene rings is 4. The Bertz CT molecular complexity index is 1490. The van der Waals surface area contributed by atoms with Gasteiger partial charge >= 0.3 is 17.3 Å². The first-order chi connectivity index (χ1) is 14.3. The van der Waals surface area contributed by atoms with E-state index in [0.29, 0.717) is 17.1 Å². The van der Waals surface area contributed by atoms with Gasteiger partial charge in [-0.05, 0) is 45.8 Å². The lowest BCUT2D eigenvalue weighted by atomic mass is 10.0. The van der Waals surface area contributed by atoms with E-state index in [2.05, 4.69) is 0 Å². The van der Waals surface area contributed by atoms with Gasteiger partial charge in [-0.3, -0.25) is 0 Å². The van der Waals surface area contributed by atoms with E-state index in [1.807, 2.05) is 91.0 Å².